The van der Waals surface area contributed by atoms with Crippen molar-refractivity contribution in [1.29, 1.82) is 0 Å². The standard InChI is InChI=1S/C17H25ClFNO2.ClH/c1-22-11-3-2-9-17(21,13-6-5-10-20-12-13)14-7-4-8-15(18)16(14)19;/h4,7-8,13,20-21H,2-3,5-6,9-12H2,1H3;1H/t13?,17-;/m0./s1. The maximum absolute atomic E-state index is 14.5. The molecule has 2 rings (SSSR count). The first kappa shape index (κ1) is 20.7. The van der Waals surface area contributed by atoms with E-state index in [1.165, 1.54) is 6.07 Å². The number of benzene rings is 1. The molecule has 1 aliphatic rings. The fraction of sp³-hybridized carbons (Fsp3) is 0.647. The zero-order valence-corrected chi connectivity index (χ0v) is 15.1. The molecule has 2 N–H and O–H groups in total. The third-order valence-corrected chi connectivity index (χ3v) is 4.84. The second kappa shape index (κ2) is 9.80. The van der Waals surface area contributed by atoms with Crippen LogP contribution in [0.4, 0.5) is 4.39 Å². The van der Waals surface area contributed by atoms with Crippen molar-refractivity contribution in [2.75, 3.05) is 26.8 Å². The van der Waals surface area contributed by atoms with Crippen LogP contribution < -0.4 is 5.32 Å². The summed E-state index contributed by atoms with van der Waals surface area (Å²) in [6.45, 7) is 2.30. The van der Waals surface area contributed by atoms with Gasteiger partial charge in [0.05, 0.1) is 10.6 Å². The van der Waals surface area contributed by atoms with E-state index in [-0.39, 0.29) is 23.3 Å². The van der Waals surface area contributed by atoms with E-state index in [4.69, 9.17) is 16.3 Å². The summed E-state index contributed by atoms with van der Waals surface area (Å²) >= 11 is 5.92. The van der Waals surface area contributed by atoms with Gasteiger partial charge in [-0.05, 0) is 44.7 Å². The highest BCUT2D eigenvalue weighted by molar-refractivity contribution is 6.30. The zero-order chi connectivity index (χ0) is 16.0. The molecule has 0 bridgehead atoms. The molecule has 1 aromatic rings. The Morgan fingerprint density at radius 1 is 1.43 bits per heavy atom. The van der Waals surface area contributed by atoms with Crippen LogP contribution in [0.25, 0.3) is 0 Å². The monoisotopic (exact) mass is 365 g/mol. The van der Waals surface area contributed by atoms with Gasteiger partial charge in [0.2, 0.25) is 0 Å². The highest BCUT2D eigenvalue weighted by Gasteiger charge is 2.40. The zero-order valence-electron chi connectivity index (χ0n) is 13.5. The number of nitrogens with one attached hydrogen (secondary N) is 1. The van der Waals surface area contributed by atoms with Crippen molar-refractivity contribution in [1.82, 2.24) is 5.32 Å². The van der Waals surface area contributed by atoms with Gasteiger partial charge in [-0.3, -0.25) is 0 Å². The molecule has 132 valence electrons. The van der Waals surface area contributed by atoms with Gasteiger partial charge in [0, 0.05) is 31.7 Å². The lowest BCUT2D eigenvalue weighted by Gasteiger charge is -2.39. The molecule has 1 aromatic carbocycles. The average Bonchev–Trinajstić information content (AvgIpc) is 2.55. The van der Waals surface area contributed by atoms with Crippen molar-refractivity contribution < 1.29 is 14.2 Å². The smallest absolute Gasteiger partial charge is 0.147 e. The third kappa shape index (κ3) is 5.04. The second-order valence-corrected chi connectivity index (χ2v) is 6.43. The van der Waals surface area contributed by atoms with Crippen molar-refractivity contribution in [2.45, 2.75) is 37.7 Å². The normalized spacial score (nSPS) is 20.6. The van der Waals surface area contributed by atoms with Crippen molar-refractivity contribution in [3.63, 3.8) is 0 Å². The van der Waals surface area contributed by atoms with Crippen LogP contribution in [-0.2, 0) is 10.3 Å². The number of hydrogen-bond donors (Lipinski definition) is 2. The highest BCUT2D eigenvalue weighted by Crippen LogP contribution is 2.40. The maximum Gasteiger partial charge on any atom is 0.147 e. The van der Waals surface area contributed by atoms with Gasteiger partial charge < -0.3 is 15.2 Å². The van der Waals surface area contributed by atoms with Crippen LogP contribution >= 0.6 is 24.0 Å². The summed E-state index contributed by atoms with van der Waals surface area (Å²) in [6, 6.07) is 4.88. The molecule has 0 radical (unpaired) electrons. The average molecular weight is 366 g/mol. The number of aliphatic hydroxyl groups is 1. The van der Waals surface area contributed by atoms with Crippen LogP contribution in [0.2, 0.25) is 5.02 Å². The van der Waals surface area contributed by atoms with E-state index >= 15 is 0 Å². The first-order valence-electron chi connectivity index (χ1n) is 7.96. The lowest BCUT2D eigenvalue weighted by molar-refractivity contribution is -0.0460. The molecule has 1 fully saturated rings. The Balaban J connectivity index is 0.00000264. The Bertz CT molecular complexity index is 484. The van der Waals surface area contributed by atoms with Gasteiger partial charge in [-0.1, -0.05) is 23.7 Å². The summed E-state index contributed by atoms with van der Waals surface area (Å²) in [4.78, 5) is 0. The summed E-state index contributed by atoms with van der Waals surface area (Å²) in [5.41, 5.74) is -0.859. The Morgan fingerprint density at radius 3 is 2.87 bits per heavy atom. The van der Waals surface area contributed by atoms with Crippen molar-refractivity contribution in [3.05, 3.63) is 34.6 Å². The van der Waals surface area contributed by atoms with E-state index in [0.717, 1.165) is 32.2 Å². The van der Waals surface area contributed by atoms with E-state index < -0.39 is 11.4 Å². The molecule has 0 aromatic heterocycles. The van der Waals surface area contributed by atoms with E-state index in [0.29, 0.717) is 25.1 Å². The van der Waals surface area contributed by atoms with Gasteiger partial charge in [0.1, 0.15) is 5.82 Å². The van der Waals surface area contributed by atoms with E-state index in [1.54, 1.807) is 19.2 Å². The van der Waals surface area contributed by atoms with E-state index in [1.807, 2.05) is 0 Å². The first-order chi connectivity index (χ1) is 10.6. The van der Waals surface area contributed by atoms with Gasteiger partial charge in [-0.15, -0.1) is 12.4 Å². The highest BCUT2D eigenvalue weighted by atomic mass is 35.5. The Morgan fingerprint density at radius 2 is 2.22 bits per heavy atom. The van der Waals surface area contributed by atoms with Crippen LogP contribution in [0.3, 0.4) is 0 Å². The molecule has 0 aliphatic carbocycles. The second-order valence-electron chi connectivity index (χ2n) is 6.02. The van der Waals surface area contributed by atoms with Gasteiger partial charge >= 0.3 is 0 Å². The van der Waals surface area contributed by atoms with E-state index in [9.17, 15) is 9.50 Å². The molecule has 1 aliphatic heterocycles. The van der Waals surface area contributed by atoms with Crippen molar-refractivity contribution >= 4 is 24.0 Å². The van der Waals surface area contributed by atoms with E-state index in [2.05, 4.69) is 5.32 Å². The van der Waals surface area contributed by atoms with Crippen molar-refractivity contribution in [2.24, 2.45) is 5.92 Å². The van der Waals surface area contributed by atoms with Gasteiger partial charge in [0.25, 0.3) is 0 Å². The fourth-order valence-electron chi connectivity index (χ4n) is 3.30. The summed E-state index contributed by atoms with van der Waals surface area (Å²) in [7, 11) is 1.66. The predicted molar refractivity (Wildman–Crippen MR) is 93.9 cm³/mol. The Hall–Kier alpha value is -0.390. The quantitative estimate of drug-likeness (QED) is 0.719. The minimum absolute atomic E-state index is 0. The lowest BCUT2D eigenvalue weighted by atomic mass is 9.74. The molecular formula is C17H26Cl2FNO2. The van der Waals surface area contributed by atoms with Gasteiger partial charge in [-0.2, -0.15) is 0 Å². The molecule has 2 atom stereocenters. The van der Waals surface area contributed by atoms with Gasteiger partial charge in [0.15, 0.2) is 0 Å². The molecular weight excluding hydrogens is 340 g/mol. The number of piperidine rings is 1. The SMILES string of the molecule is COCCCC[C@@](O)(c1cccc(Cl)c1F)C1CCCNC1.Cl. The third-order valence-electron chi connectivity index (χ3n) is 4.55. The topological polar surface area (TPSA) is 41.5 Å². The molecule has 0 amide bonds. The number of methoxy groups -OCH3 is 1. The van der Waals surface area contributed by atoms with Crippen LogP contribution in [0.15, 0.2) is 18.2 Å². The summed E-state index contributed by atoms with van der Waals surface area (Å²) < 4.78 is 19.6. The number of hydrogen-bond acceptors (Lipinski definition) is 3. The van der Waals surface area contributed by atoms with Crippen LogP contribution in [0.5, 0.6) is 0 Å². The largest absolute Gasteiger partial charge is 0.385 e. The molecule has 0 spiro atoms. The molecule has 1 saturated heterocycles. The number of unbranched alkanes of at least 4 members (excludes halogenated alkanes) is 1. The fourth-order valence-corrected chi connectivity index (χ4v) is 3.47. The predicted octanol–water partition coefficient (Wildman–Crippen LogP) is 3.90. The number of ether oxygens (including phenoxy) is 1. The summed E-state index contributed by atoms with van der Waals surface area (Å²) in [5, 5.41) is 14.7. The van der Waals surface area contributed by atoms with Crippen LogP contribution in [-0.4, -0.2) is 31.9 Å². The van der Waals surface area contributed by atoms with Crippen LogP contribution in [0, 0.1) is 11.7 Å². The maximum atomic E-state index is 14.5. The first-order valence-corrected chi connectivity index (χ1v) is 8.34. The molecule has 3 nitrogen and oxygen atoms in total. The van der Waals surface area contributed by atoms with Crippen molar-refractivity contribution in [3.8, 4) is 0 Å². The molecule has 0 saturated carbocycles. The van der Waals surface area contributed by atoms with Gasteiger partial charge in [-0.25, -0.2) is 4.39 Å². The number of rotatable bonds is 7. The molecule has 6 heteroatoms. The minimum atomic E-state index is -1.18. The molecule has 1 heterocycles. The lowest BCUT2D eigenvalue weighted by Crippen LogP contribution is -2.44. The minimum Gasteiger partial charge on any atom is -0.385 e. The summed E-state index contributed by atoms with van der Waals surface area (Å²) in [5.74, 6) is -0.499. The number of halogens is 3. The molecule has 23 heavy (non-hydrogen) atoms. The summed E-state index contributed by atoms with van der Waals surface area (Å²) in [6.07, 6.45) is 4.03. The Labute approximate surface area is 149 Å². The van der Waals surface area contributed by atoms with Crippen LogP contribution in [0.1, 0.15) is 37.7 Å². The molecule has 1 unspecified atom stereocenters. The Kier molecular flexibility index (Phi) is 8.80.